The molecule has 0 bridgehead atoms. The molecule has 0 N–H and O–H groups in total. The van der Waals surface area contributed by atoms with Crippen molar-refractivity contribution < 1.29 is 9.53 Å². The van der Waals surface area contributed by atoms with Crippen molar-refractivity contribution in [2.75, 3.05) is 0 Å². The van der Waals surface area contributed by atoms with E-state index < -0.39 is 0 Å². The molecule has 1 aliphatic heterocycles. The fourth-order valence-electron chi connectivity index (χ4n) is 1.49. The van der Waals surface area contributed by atoms with Crippen molar-refractivity contribution in [1.82, 2.24) is 0 Å². The maximum atomic E-state index is 11.4. The van der Waals surface area contributed by atoms with Gasteiger partial charge in [-0.15, -0.1) is 0 Å². The van der Waals surface area contributed by atoms with E-state index in [1.165, 1.54) is 19.3 Å². The number of esters is 1. The highest BCUT2D eigenvalue weighted by atomic mass is 16.5. The molecule has 2 heteroatoms. The van der Waals surface area contributed by atoms with Gasteiger partial charge in [0.15, 0.2) is 0 Å². The van der Waals surface area contributed by atoms with Crippen LogP contribution in [-0.4, -0.2) is 12.1 Å². The first-order chi connectivity index (χ1) is 6.20. The lowest BCUT2D eigenvalue weighted by atomic mass is 10.1. The van der Waals surface area contributed by atoms with Crippen molar-refractivity contribution in [3.63, 3.8) is 0 Å². The van der Waals surface area contributed by atoms with Crippen LogP contribution in [-0.2, 0) is 9.53 Å². The summed E-state index contributed by atoms with van der Waals surface area (Å²) in [6, 6.07) is 0. The van der Waals surface area contributed by atoms with Crippen LogP contribution in [0.25, 0.3) is 0 Å². The average molecular weight is 182 g/mol. The molecule has 0 amide bonds. The Morgan fingerprint density at radius 3 is 2.92 bits per heavy atom. The van der Waals surface area contributed by atoms with Crippen LogP contribution >= 0.6 is 0 Å². The molecule has 0 radical (unpaired) electrons. The topological polar surface area (TPSA) is 26.3 Å². The second kappa shape index (κ2) is 5.05. The average Bonchev–Trinajstić information content (AvgIpc) is 2.09. The van der Waals surface area contributed by atoms with Crippen molar-refractivity contribution in [3.8, 4) is 0 Å². The van der Waals surface area contributed by atoms with Crippen molar-refractivity contribution in [2.45, 2.75) is 52.1 Å². The standard InChI is InChI=1S/C11H18O2/c1-9-7-5-3-4-6-8-10(2)13-11(9)12/h7,10H,3-6,8H2,1-2H3/b9-7+. The van der Waals surface area contributed by atoms with Crippen molar-refractivity contribution in [2.24, 2.45) is 0 Å². The number of rotatable bonds is 0. The van der Waals surface area contributed by atoms with Crippen LogP contribution in [0.1, 0.15) is 46.0 Å². The Hall–Kier alpha value is -0.790. The fourth-order valence-corrected chi connectivity index (χ4v) is 1.49. The summed E-state index contributed by atoms with van der Waals surface area (Å²) in [5, 5.41) is 0. The third-order valence-electron chi connectivity index (χ3n) is 2.40. The number of ether oxygens (including phenoxy) is 1. The molecule has 0 fully saturated rings. The van der Waals surface area contributed by atoms with E-state index in [4.69, 9.17) is 4.74 Å². The van der Waals surface area contributed by atoms with Gasteiger partial charge < -0.3 is 4.74 Å². The van der Waals surface area contributed by atoms with E-state index in [1.807, 2.05) is 19.9 Å². The predicted octanol–water partition coefficient (Wildman–Crippen LogP) is 2.83. The van der Waals surface area contributed by atoms with Gasteiger partial charge in [0.2, 0.25) is 0 Å². The van der Waals surface area contributed by atoms with Gasteiger partial charge in [-0.2, -0.15) is 0 Å². The molecule has 0 aromatic heterocycles. The van der Waals surface area contributed by atoms with Crippen LogP contribution in [0, 0.1) is 0 Å². The SMILES string of the molecule is C/C1=C\CCCCCC(C)OC1=O. The molecular formula is C11H18O2. The lowest BCUT2D eigenvalue weighted by Crippen LogP contribution is -2.16. The van der Waals surface area contributed by atoms with Gasteiger partial charge in [0, 0.05) is 5.57 Å². The summed E-state index contributed by atoms with van der Waals surface area (Å²) in [5.41, 5.74) is 0.758. The predicted molar refractivity (Wildman–Crippen MR) is 52.4 cm³/mol. The zero-order valence-corrected chi connectivity index (χ0v) is 8.51. The number of cyclic esters (lactones) is 1. The van der Waals surface area contributed by atoms with Crippen LogP contribution in [0.2, 0.25) is 0 Å². The maximum Gasteiger partial charge on any atom is 0.333 e. The Balaban J connectivity index is 2.57. The summed E-state index contributed by atoms with van der Waals surface area (Å²) in [6.07, 6.45) is 7.67. The Morgan fingerprint density at radius 2 is 2.15 bits per heavy atom. The summed E-state index contributed by atoms with van der Waals surface area (Å²) >= 11 is 0. The van der Waals surface area contributed by atoms with E-state index in [9.17, 15) is 4.79 Å². The Kier molecular flexibility index (Phi) is 4.00. The van der Waals surface area contributed by atoms with E-state index >= 15 is 0 Å². The molecule has 0 aliphatic carbocycles. The van der Waals surface area contributed by atoms with Crippen molar-refractivity contribution >= 4 is 5.97 Å². The van der Waals surface area contributed by atoms with Gasteiger partial charge in [0.1, 0.15) is 0 Å². The number of allylic oxidation sites excluding steroid dienone is 1. The summed E-state index contributed by atoms with van der Waals surface area (Å²) in [5.74, 6) is -0.144. The summed E-state index contributed by atoms with van der Waals surface area (Å²) in [6.45, 7) is 3.80. The van der Waals surface area contributed by atoms with E-state index in [0.29, 0.717) is 0 Å². The molecule has 1 rings (SSSR count). The molecule has 1 unspecified atom stereocenters. The molecule has 13 heavy (non-hydrogen) atoms. The molecule has 0 spiro atoms. The number of hydrogen-bond acceptors (Lipinski definition) is 2. The minimum atomic E-state index is -0.144. The van der Waals surface area contributed by atoms with Gasteiger partial charge >= 0.3 is 5.97 Å². The monoisotopic (exact) mass is 182 g/mol. The van der Waals surface area contributed by atoms with E-state index in [1.54, 1.807) is 0 Å². The van der Waals surface area contributed by atoms with Gasteiger partial charge in [0.25, 0.3) is 0 Å². The van der Waals surface area contributed by atoms with Gasteiger partial charge in [0.05, 0.1) is 6.10 Å². The lowest BCUT2D eigenvalue weighted by molar-refractivity contribution is -0.143. The first-order valence-corrected chi connectivity index (χ1v) is 5.08. The van der Waals surface area contributed by atoms with E-state index in [-0.39, 0.29) is 12.1 Å². The molecule has 1 heterocycles. The maximum absolute atomic E-state index is 11.4. The van der Waals surface area contributed by atoms with Crippen LogP contribution in [0.15, 0.2) is 11.6 Å². The van der Waals surface area contributed by atoms with Gasteiger partial charge in [-0.1, -0.05) is 12.5 Å². The molecule has 2 nitrogen and oxygen atoms in total. The van der Waals surface area contributed by atoms with Gasteiger partial charge in [-0.3, -0.25) is 0 Å². The number of carbonyl (C=O) groups is 1. The van der Waals surface area contributed by atoms with Crippen LogP contribution in [0.5, 0.6) is 0 Å². The highest BCUT2D eigenvalue weighted by Crippen LogP contribution is 2.13. The second-order valence-corrected chi connectivity index (χ2v) is 3.74. The highest BCUT2D eigenvalue weighted by molar-refractivity contribution is 5.87. The van der Waals surface area contributed by atoms with Crippen LogP contribution < -0.4 is 0 Å². The Labute approximate surface area is 80.0 Å². The quantitative estimate of drug-likeness (QED) is 0.538. The summed E-state index contributed by atoms with van der Waals surface area (Å²) in [4.78, 5) is 11.4. The largest absolute Gasteiger partial charge is 0.459 e. The van der Waals surface area contributed by atoms with E-state index in [0.717, 1.165) is 18.4 Å². The molecule has 1 aliphatic rings. The molecular weight excluding hydrogens is 164 g/mol. The third kappa shape index (κ3) is 3.62. The zero-order valence-electron chi connectivity index (χ0n) is 8.51. The minimum absolute atomic E-state index is 0.0777. The molecule has 74 valence electrons. The fraction of sp³-hybridized carbons (Fsp3) is 0.727. The summed E-state index contributed by atoms with van der Waals surface area (Å²) in [7, 11) is 0. The minimum Gasteiger partial charge on any atom is -0.459 e. The van der Waals surface area contributed by atoms with Crippen LogP contribution in [0.3, 0.4) is 0 Å². The Morgan fingerprint density at radius 1 is 1.38 bits per heavy atom. The van der Waals surface area contributed by atoms with Gasteiger partial charge in [-0.05, 0) is 39.5 Å². The normalized spacial score (nSPS) is 30.2. The third-order valence-corrected chi connectivity index (χ3v) is 2.40. The van der Waals surface area contributed by atoms with Crippen molar-refractivity contribution in [1.29, 1.82) is 0 Å². The van der Waals surface area contributed by atoms with Gasteiger partial charge in [-0.25, -0.2) is 4.79 Å². The first-order valence-electron chi connectivity index (χ1n) is 5.08. The number of carbonyl (C=O) groups excluding carboxylic acids is 1. The smallest absolute Gasteiger partial charge is 0.333 e. The highest BCUT2D eigenvalue weighted by Gasteiger charge is 2.11. The molecule has 0 aromatic carbocycles. The zero-order chi connectivity index (χ0) is 9.68. The van der Waals surface area contributed by atoms with Crippen molar-refractivity contribution in [3.05, 3.63) is 11.6 Å². The Bertz CT molecular complexity index is 206. The molecule has 0 saturated carbocycles. The second-order valence-electron chi connectivity index (χ2n) is 3.74. The summed E-state index contributed by atoms with van der Waals surface area (Å²) < 4.78 is 5.23. The van der Waals surface area contributed by atoms with Crippen LogP contribution in [0.4, 0.5) is 0 Å². The molecule has 0 saturated heterocycles. The first kappa shape index (κ1) is 10.3. The lowest BCUT2D eigenvalue weighted by Gasteiger charge is -2.14. The molecule has 1 atom stereocenters. The van der Waals surface area contributed by atoms with E-state index in [2.05, 4.69) is 0 Å². The number of hydrogen-bond donors (Lipinski definition) is 0. The molecule has 0 aromatic rings.